The van der Waals surface area contributed by atoms with Crippen LogP contribution in [0.2, 0.25) is 0 Å². The quantitative estimate of drug-likeness (QED) is 0.537. The second-order valence-electron chi connectivity index (χ2n) is 4.64. The third-order valence-corrected chi connectivity index (χ3v) is 4.46. The van der Waals surface area contributed by atoms with Crippen molar-refractivity contribution in [3.63, 3.8) is 0 Å². The molecule has 1 aromatic carbocycles. The minimum atomic E-state index is 0.803. The van der Waals surface area contributed by atoms with E-state index < -0.39 is 0 Å². The average molecular weight is 326 g/mol. The molecule has 0 radical (unpaired) electrons. The number of hydrogen-bond donors (Lipinski definition) is 0. The molecular weight excluding hydrogens is 307 g/mol. The maximum Gasteiger partial charge on any atom is 0.0168 e. The predicted molar refractivity (Wildman–Crippen MR) is 78.9 cm³/mol. The van der Waals surface area contributed by atoms with Gasteiger partial charge in [-0.05, 0) is 65.0 Å². The van der Waals surface area contributed by atoms with Crippen LogP contribution in [-0.4, -0.2) is 0 Å². The zero-order valence-electron chi connectivity index (χ0n) is 9.71. The summed E-state index contributed by atoms with van der Waals surface area (Å²) in [5, 5.41) is 0. The molecule has 0 bridgehead atoms. The first-order valence-electron chi connectivity index (χ1n) is 6.21. The molecule has 0 spiro atoms. The first-order valence-corrected chi connectivity index (χ1v) is 7.29. The van der Waals surface area contributed by atoms with Gasteiger partial charge in [0, 0.05) is 3.57 Å². The van der Waals surface area contributed by atoms with Crippen LogP contribution in [-0.2, 0) is 6.42 Å². The Kier molecular flexibility index (Phi) is 4.45. The molecule has 1 fully saturated rings. The van der Waals surface area contributed by atoms with E-state index in [4.69, 9.17) is 0 Å². The Bertz CT molecular complexity index is 362. The Balaban J connectivity index is 2.31. The van der Waals surface area contributed by atoms with Gasteiger partial charge < -0.3 is 0 Å². The second-order valence-corrected chi connectivity index (χ2v) is 5.80. The van der Waals surface area contributed by atoms with Gasteiger partial charge in [0.25, 0.3) is 0 Å². The Hall–Kier alpha value is -0.310. The van der Waals surface area contributed by atoms with Gasteiger partial charge in [-0.1, -0.05) is 37.5 Å². The van der Waals surface area contributed by atoms with Crippen LogP contribution in [0.3, 0.4) is 0 Å². The van der Waals surface area contributed by atoms with Gasteiger partial charge in [0.2, 0.25) is 0 Å². The monoisotopic (exact) mass is 326 g/mol. The average Bonchev–Trinajstić information content (AvgIpc) is 2.31. The molecular formula is C15H19I. The lowest BCUT2D eigenvalue weighted by Gasteiger charge is -2.25. The van der Waals surface area contributed by atoms with Crippen LogP contribution in [0.25, 0.3) is 0 Å². The summed E-state index contributed by atoms with van der Waals surface area (Å²) in [6, 6.07) is 6.69. The highest BCUT2D eigenvalue weighted by Gasteiger charge is 2.19. The van der Waals surface area contributed by atoms with Crippen molar-refractivity contribution in [1.29, 1.82) is 0 Å². The molecule has 0 N–H and O–H groups in total. The van der Waals surface area contributed by atoms with Crippen molar-refractivity contribution < 1.29 is 0 Å². The molecule has 1 heteroatoms. The molecule has 0 nitrogen and oxygen atoms in total. The van der Waals surface area contributed by atoms with E-state index in [2.05, 4.69) is 47.4 Å². The molecule has 1 aliphatic carbocycles. The van der Waals surface area contributed by atoms with Crippen LogP contribution < -0.4 is 0 Å². The summed E-state index contributed by atoms with van der Waals surface area (Å²) in [5.41, 5.74) is 3.11. The van der Waals surface area contributed by atoms with Crippen molar-refractivity contribution in [2.45, 2.75) is 44.4 Å². The van der Waals surface area contributed by atoms with Gasteiger partial charge in [0.05, 0.1) is 0 Å². The van der Waals surface area contributed by atoms with Crippen molar-refractivity contribution >= 4 is 22.6 Å². The molecule has 1 saturated carbocycles. The first kappa shape index (κ1) is 12.2. The Morgan fingerprint density at radius 1 is 1.25 bits per heavy atom. The Morgan fingerprint density at radius 2 is 2.00 bits per heavy atom. The lowest BCUT2D eigenvalue weighted by Crippen LogP contribution is -2.09. The fourth-order valence-corrected chi connectivity index (χ4v) is 3.76. The van der Waals surface area contributed by atoms with Crippen molar-refractivity contribution in [2.75, 3.05) is 0 Å². The number of benzene rings is 1. The lowest BCUT2D eigenvalue weighted by molar-refractivity contribution is 0.441. The maximum atomic E-state index is 3.87. The summed E-state index contributed by atoms with van der Waals surface area (Å²) in [5.74, 6) is 0.803. The molecule has 0 heterocycles. The highest BCUT2D eigenvalue weighted by atomic mass is 127. The molecule has 86 valence electrons. The fraction of sp³-hybridized carbons (Fsp3) is 0.467. The van der Waals surface area contributed by atoms with Crippen molar-refractivity contribution in [3.05, 3.63) is 45.6 Å². The number of allylic oxidation sites excluding steroid dienone is 1. The highest BCUT2D eigenvalue weighted by molar-refractivity contribution is 14.1. The Labute approximate surface area is 112 Å². The SMILES string of the molecule is C=CCc1cccc(I)c1C1CCCCC1. The third kappa shape index (κ3) is 2.68. The van der Waals surface area contributed by atoms with Gasteiger partial charge in [-0.25, -0.2) is 0 Å². The summed E-state index contributed by atoms with van der Waals surface area (Å²) < 4.78 is 1.45. The minimum Gasteiger partial charge on any atom is -0.103 e. The van der Waals surface area contributed by atoms with Gasteiger partial charge in [-0.15, -0.1) is 6.58 Å². The summed E-state index contributed by atoms with van der Waals surface area (Å²) in [6.07, 6.45) is 10.0. The van der Waals surface area contributed by atoms with Gasteiger partial charge >= 0.3 is 0 Å². The van der Waals surface area contributed by atoms with Crippen molar-refractivity contribution in [1.82, 2.24) is 0 Å². The van der Waals surface area contributed by atoms with E-state index in [0.717, 1.165) is 12.3 Å². The third-order valence-electron chi connectivity index (χ3n) is 3.52. The lowest BCUT2D eigenvalue weighted by atomic mass is 9.81. The zero-order chi connectivity index (χ0) is 11.4. The normalized spacial score (nSPS) is 17.3. The molecule has 0 aromatic heterocycles. The maximum absolute atomic E-state index is 3.87. The summed E-state index contributed by atoms with van der Waals surface area (Å²) in [4.78, 5) is 0. The molecule has 16 heavy (non-hydrogen) atoms. The van der Waals surface area contributed by atoms with Crippen molar-refractivity contribution in [3.8, 4) is 0 Å². The van der Waals surface area contributed by atoms with Crippen LogP contribution in [0.5, 0.6) is 0 Å². The van der Waals surface area contributed by atoms with E-state index in [1.165, 1.54) is 41.2 Å². The van der Waals surface area contributed by atoms with Crippen molar-refractivity contribution in [2.24, 2.45) is 0 Å². The predicted octanol–water partition coefficient (Wildman–Crippen LogP) is 5.07. The summed E-state index contributed by atoms with van der Waals surface area (Å²) >= 11 is 2.49. The van der Waals surface area contributed by atoms with Crippen LogP contribution >= 0.6 is 22.6 Å². The number of halogens is 1. The van der Waals surface area contributed by atoms with E-state index >= 15 is 0 Å². The van der Waals surface area contributed by atoms with E-state index in [-0.39, 0.29) is 0 Å². The number of rotatable bonds is 3. The minimum absolute atomic E-state index is 0.803. The van der Waals surface area contributed by atoms with Gasteiger partial charge in [0.1, 0.15) is 0 Å². The van der Waals surface area contributed by atoms with E-state index in [9.17, 15) is 0 Å². The van der Waals surface area contributed by atoms with E-state index in [1.807, 2.05) is 6.08 Å². The standard InChI is InChI=1S/C15H19I/c1-2-7-12-10-6-11-14(16)15(12)13-8-4-3-5-9-13/h2,6,10-11,13H,1,3-5,7-9H2. The van der Waals surface area contributed by atoms with Crippen LogP contribution in [0.1, 0.15) is 49.1 Å². The van der Waals surface area contributed by atoms with Crippen LogP contribution in [0.4, 0.5) is 0 Å². The smallest absolute Gasteiger partial charge is 0.0168 e. The summed E-state index contributed by atoms with van der Waals surface area (Å²) in [6.45, 7) is 3.87. The van der Waals surface area contributed by atoms with Gasteiger partial charge in [-0.3, -0.25) is 0 Å². The number of hydrogen-bond acceptors (Lipinski definition) is 0. The van der Waals surface area contributed by atoms with E-state index in [0.29, 0.717) is 0 Å². The van der Waals surface area contributed by atoms with Gasteiger partial charge in [0.15, 0.2) is 0 Å². The highest BCUT2D eigenvalue weighted by Crippen LogP contribution is 2.37. The molecule has 1 aliphatic rings. The molecule has 0 amide bonds. The molecule has 0 atom stereocenters. The topological polar surface area (TPSA) is 0 Å². The largest absolute Gasteiger partial charge is 0.103 e. The van der Waals surface area contributed by atoms with Gasteiger partial charge in [-0.2, -0.15) is 0 Å². The molecule has 0 unspecified atom stereocenters. The molecule has 1 aromatic rings. The molecule has 0 saturated heterocycles. The van der Waals surface area contributed by atoms with E-state index in [1.54, 1.807) is 5.56 Å². The zero-order valence-corrected chi connectivity index (χ0v) is 11.9. The molecule has 0 aliphatic heterocycles. The van der Waals surface area contributed by atoms with Crippen LogP contribution in [0, 0.1) is 3.57 Å². The summed E-state index contributed by atoms with van der Waals surface area (Å²) in [7, 11) is 0. The van der Waals surface area contributed by atoms with Crippen LogP contribution in [0.15, 0.2) is 30.9 Å². The molecule has 2 rings (SSSR count). The Morgan fingerprint density at radius 3 is 2.69 bits per heavy atom. The first-order chi connectivity index (χ1) is 7.83. The second kappa shape index (κ2) is 5.85. The fourth-order valence-electron chi connectivity index (χ4n) is 2.76.